The number of hydrogen-bond donors (Lipinski definition) is 2. The van der Waals surface area contributed by atoms with Gasteiger partial charge in [-0.25, -0.2) is 8.78 Å². The fourth-order valence-electron chi connectivity index (χ4n) is 1.78. The van der Waals surface area contributed by atoms with E-state index in [4.69, 9.17) is 0 Å². The van der Waals surface area contributed by atoms with Crippen molar-refractivity contribution in [2.24, 2.45) is 0 Å². The number of anilines is 1. The van der Waals surface area contributed by atoms with Crippen LogP contribution < -0.4 is 5.32 Å². The van der Waals surface area contributed by atoms with Gasteiger partial charge in [0.1, 0.15) is 11.6 Å². The maximum Gasteiger partial charge on any atom is 0.234 e. The molecule has 0 aliphatic rings. The Bertz CT molecular complexity index is 660. The van der Waals surface area contributed by atoms with E-state index in [1.54, 1.807) is 31.2 Å². The molecule has 0 aliphatic heterocycles. The molecule has 0 aromatic heterocycles. The molecule has 0 spiro atoms. The first-order valence-electron chi connectivity index (χ1n) is 6.61. The number of benzene rings is 2. The van der Waals surface area contributed by atoms with Crippen molar-refractivity contribution in [3.8, 4) is 0 Å². The minimum absolute atomic E-state index is 0.0146. The van der Waals surface area contributed by atoms with E-state index >= 15 is 0 Å². The van der Waals surface area contributed by atoms with Crippen LogP contribution in [0.2, 0.25) is 0 Å². The summed E-state index contributed by atoms with van der Waals surface area (Å²) < 4.78 is 26.2. The second kappa shape index (κ2) is 7.38. The number of hydrogen-bond acceptors (Lipinski definition) is 3. The highest BCUT2D eigenvalue weighted by molar-refractivity contribution is 8.00. The van der Waals surface area contributed by atoms with Crippen molar-refractivity contribution in [2.45, 2.75) is 17.9 Å². The third-order valence-corrected chi connectivity index (χ3v) is 3.98. The van der Waals surface area contributed by atoms with E-state index in [1.807, 2.05) is 0 Å². The maximum absolute atomic E-state index is 13.4. The van der Waals surface area contributed by atoms with E-state index in [-0.39, 0.29) is 16.6 Å². The summed E-state index contributed by atoms with van der Waals surface area (Å²) in [7, 11) is 0. The highest BCUT2D eigenvalue weighted by atomic mass is 32.2. The molecule has 0 fully saturated rings. The fraction of sp³-hybridized carbons (Fsp3) is 0.188. The van der Waals surface area contributed by atoms with Crippen LogP contribution in [0.3, 0.4) is 0 Å². The number of rotatable bonds is 5. The molecule has 0 bridgehead atoms. The molecule has 22 heavy (non-hydrogen) atoms. The molecule has 1 amide bonds. The molecule has 1 unspecified atom stereocenters. The fourth-order valence-corrected chi connectivity index (χ4v) is 2.50. The van der Waals surface area contributed by atoms with E-state index < -0.39 is 17.7 Å². The highest BCUT2D eigenvalue weighted by Gasteiger charge is 2.08. The van der Waals surface area contributed by atoms with Crippen LogP contribution in [0.4, 0.5) is 14.5 Å². The van der Waals surface area contributed by atoms with Gasteiger partial charge in [-0.2, -0.15) is 0 Å². The summed E-state index contributed by atoms with van der Waals surface area (Å²) in [5.74, 6) is -1.61. The standard InChI is InChI=1S/C16H15F2NO2S/c1-10(20)11-2-5-13(6-3-11)19-16(21)9-22-15-7-4-12(17)8-14(15)18/h2-8,10,20H,9H2,1H3,(H,19,21). The summed E-state index contributed by atoms with van der Waals surface area (Å²) in [6.07, 6.45) is -0.568. The van der Waals surface area contributed by atoms with Crippen LogP contribution in [0.25, 0.3) is 0 Å². The van der Waals surface area contributed by atoms with Crippen LogP contribution in [0, 0.1) is 11.6 Å². The highest BCUT2D eigenvalue weighted by Crippen LogP contribution is 2.22. The van der Waals surface area contributed by atoms with E-state index in [0.29, 0.717) is 5.69 Å². The Morgan fingerprint density at radius 1 is 1.23 bits per heavy atom. The predicted octanol–water partition coefficient (Wildman–Crippen LogP) is 3.75. The molecule has 2 aromatic carbocycles. The summed E-state index contributed by atoms with van der Waals surface area (Å²) in [4.78, 5) is 12.0. The Hall–Kier alpha value is -1.92. The Labute approximate surface area is 131 Å². The average Bonchev–Trinajstić information content (AvgIpc) is 2.47. The van der Waals surface area contributed by atoms with Crippen LogP contribution >= 0.6 is 11.8 Å². The lowest BCUT2D eigenvalue weighted by molar-refractivity contribution is -0.113. The largest absolute Gasteiger partial charge is 0.389 e. The molecule has 2 aromatic rings. The zero-order chi connectivity index (χ0) is 16.1. The van der Waals surface area contributed by atoms with Gasteiger partial charge in [-0.1, -0.05) is 12.1 Å². The first-order valence-corrected chi connectivity index (χ1v) is 7.60. The molecular weight excluding hydrogens is 308 g/mol. The van der Waals surface area contributed by atoms with Crippen LogP contribution in [-0.2, 0) is 4.79 Å². The van der Waals surface area contributed by atoms with Gasteiger partial charge in [0, 0.05) is 16.6 Å². The number of thioether (sulfide) groups is 1. The molecule has 3 nitrogen and oxygen atoms in total. The van der Waals surface area contributed by atoms with Crippen molar-refractivity contribution >= 4 is 23.4 Å². The van der Waals surface area contributed by atoms with Gasteiger partial charge in [-0.15, -0.1) is 11.8 Å². The third kappa shape index (κ3) is 4.54. The van der Waals surface area contributed by atoms with Gasteiger partial charge in [0.05, 0.1) is 11.9 Å². The number of aliphatic hydroxyl groups is 1. The molecule has 0 heterocycles. The number of nitrogens with one attached hydrogen (secondary N) is 1. The minimum Gasteiger partial charge on any atom is -0.389 e. The van der Waals surface area contributed by atoms with Gasteiger partial charge in [0.15, 0.2) is 0 Å². The summed E-state index contributed by atoms with van der Waals surface area (Å²) in [5, 5.41) is 12.1. The lowest BCUT2D eigenvalue weighted by atomic mass is 10.1. The minimum atomic E-state index is -0.681. The number of amides is 1. The van der Waals surface area contributed by atoms with E-state index in [1.165, 1.54) is 6.07 Å². The number of carbonyl (C=O) groups excluding carboxylic acids is 1. The molecule has 6 heteroatoms. The van der Waals surface area contributed by atoms with Crippen molar-refractivity contribution in [2.75, 3.05) is 11.1 Å². The normalized spacial score (nSPS) is 12.0. The zero-order valence-electron chi connectivity index (χ0n) is 11.8. The second-order valence-electron chi connectivity index (χ2n) is 4.71. The van der Waals surface area contributed by atoms with Gasteiger partial charge >= 0.3 is 0 Å². The molecule has 0 saturated heterocycles. The van der Waals surface area contributed by atoms with Gasteiger partial charge in [-0.3, -0.25) is 4.79 Å². The molecule has 0 radical (unpaired) electrons. The van der Waals surface area contributed by atoms with Crippen LogP contribution in [0.1, 0.15) is 18.6 Å². The summed E-state index contributed by atoms with van der Waals surface area (Å²) >= 11 is 0.997. The number of halogens is 2. The SMILES string of the molecule is CC(O)c1ccc(NC(=O)CSc2ccc(F)cc2F)cc1. The topological polar surface area (TPSA) is 49.3 Å². The number of aliphatic hydroxyl groups excluding tert-OH is 1. The van der Waals surface area contributed by atoms with Gasteiger partial charge in [0.25, 0.3) is 0 Å². The maximum atomic E-state index is 13.4. The summed E-state index contributed by atoms with van der Waals surface area (Å²) in [6.45, 7) is 1.65. The third-order valence-electron chi connectivity index (χ3n) is 2.93. The van der Waals surface area contributed by atoms with E-state index in [0.717, 1.165) is 29.5 Å². The zero-order valence-corrected chi connectivity index (χ0v) is 12.7. The first kappa shape index (κ1) is 16.5. The number of carbonyl (C=O) groups is 1. The molecule has 1 atom stereocenters. The average molecular weight is 323 g/mol. The Morgan fingerprint density at radius 2 is 1.91 bits per heavy atom. The Kier molecular flexibility index (Phi) is 5.51. The molecule has 2 N–H and O–H groups in total. The van der Waals surface area contributed by atoms with Crippen LogP contribution in [0.5, 0.6) is 0 Å². The van der Waals surface area contributed by atoms with Crippen molar-refractivity contribution in [1.29, 1.82) is 0 Å². The quantitative estimate of drug-likeness (QED) is 0.824. The summed E-state index contributed by atoms with van der Waals surface area (Å²) in [5.41, 5.74) is 1.34. The van der Waals surface area contributed by atoms with Crippen molar-refractivity contribution in [1.82, 2.24) is 0 Å². The Morgan fingerprint density at radius 3 is 2.50 bits per heavy atom. The van der Waals surface area contributed by atoms with Gasteiger partial charge in [-0.05, 0) is 36.8 Å². The van der Waals surface area contributed by atoms with Crippen molar-refractivity contribution in [3.05, 3.63) is 59.7 Å². The van der Waals surface area contributed by atoms with E-state index in [2.05, 4.69) is 5.32 Å². The monoisotopic (exact) mass is 323 g/mol. The van der Waals surface area contributed by atoms with Crippen molar-refractivity contribution < 1.29 is 18.7 Å². The predicted molar refractivity (Wildman–Crippen MR) is 82.8 cm³/mol. The molecule has 0 aliphatic carbocycles. The lowest BCUT2D eigenvalue weighted by Crippen LogP contribution is -2.14. The van der Waals surface area contributed by atoms with Gasteiger partial charge in [0.2, 0.25) is 5.91 Å². The smallest absolute Gasteiger partial charge is 0.234 e. The Balaban J connectivity index is 1.90. The summed E-state index contributed by atoms with van der Waals surface area (Å²) in [6, 6.07) is 10.0. The second-order valence-corrected chi connectivity index (χ2v) is 5.73. The first-order chi connectivity index (χ1) is 10.5. The molecule has 2 rings (SSSR count). The van der Waals surface area contributed by atoms with Gasteiger partial charge < -0.3 is 10.4 Å². The van der Waals surface area contributed by atoms with Crippen LogP contribution in [0.15, 0.2) is 47.4 Å². The molecule has 0 saturated carbocycles. The lowest BCUT2D eigenvalue weighted by Gasteiger charge is -2.08. The van der Waals surface area contributed by atoms with E-state index in [9.17, 15) is 18.7 Å². The van der Waals surface area contributed by atoms with Crippen molar-refractivity contribution in [3.63, 3.8) is 0 Å². The van der Waals surface area contributed by atoms with Crippen LogP contribution in [-0.4, -0.2) is 16.8 Å². The molecule has 116 valence electrons. The molecular formula is C16H15F2NO2S.